The molecule has 0 aliphatic heterocycles. The summed E-state index contributed by atoms with van der Waals surface area (Å²) in [4.78, 5) is 12.0. The van der Waals surface area contributed by atoms with Gasteiger partial charge in [0.05, 0.1) is 0 Å². The molecule has 21 heavy (non-hydrogen) atoms. The molecule has 0 aliphatic rings. The normalized spacial score (nSPS) is 13.8. The Morgan fingerprint density at radius 1 is 1.43 bits per heavy atom. The van der Waals surface area contributed by atoms with Gasteiger partial charge in [-0.25, -0.2) is 0 Å². The molecule has 0 aliphatic carbocycles. The molecule has 0 spiro atoms. The Kier molecular flexibility index (Phi) is 5.76. The van der Waals surface area contributed by atoms with Gasteiger partial charge < -0.3 is 16.3 Å². The van der Waals surface area contributed by atoms with Gasteiger partial charge in [-0.15, -0.1) is 0 Å². The van der Waals surface area contributed by atoms with Crippen molar-refractivity contribution in [3.8, 4) is 0 Å². The van der Waals surface area contributed by atoms with Gasteiger partial charge in [0.2, 0.25) is 5.91 Å². The highest BCUT2D eigenvalue weighted by Gasteiger charge is 2.17. The van der Waals surface area contributed by atoms with Crippen molar-refractivity contribution in [2.75, 3.05) is 5.32 Å². The number of nitrogens with two attached hydrogens (primary N) is 1. The van der Waals surface area contributed by atoms with Crippen LogP contribution in [0.3, 0.4) is 0 Å². The van der Waals surface area contributed by atoms with Gasteiger partial charge in [-0.1, -0.05) is 45.0 Å². The average Bonchev–Trinajstić information content (AvgIpc) is 2.35. The van der Waals surface area contributed by atoms with Crippen molar-refractivity contribution in [1.29, 1.82) is 0 Å². The zero-order chi connectivity index (χ0) is 16.0. The van der Waals surface area contributed by atoms with Crippen molar-refractivity contribution in [3.05, 3.63) is 29.8 Å². The number of carbonyl (C=O) groups excluding carboxylic acids is 1. The molecule has 1 rings (SSSR count). The summed E-state index contributed by atoms with van der Waals surface area (Å²) in [6.45, 7) is 8.59. The lowest BCUT2D eigenvalue weighted by atomic mass is 9.84. The number of nitrogens with zero attached hydrogens (tertiary/aromatic N) is 1. The van der Waals surface area contributed by atoms with E-state index >= 15 is 0 Å². The van der Waals surface area contributed by atoms with Gasteiger partial charge in [0.1, 0.15) is 0 Å². The van der Waals surface area contributed by atoms with E-state index in [1.54, 1.807) is 24.3 Å². The fourth-order valence-corrected chi connectivity index (χ4v) is 2.46. The van der Waals surface area contributed by atoms with Crippen LogP contribution in [0.4, 0.5) is 5.69 Å². The zero-order valence-corrected chi connectivity index (χ0v) is 13.2. The number of benzene rings is 1. The Bertz CT molecular complexity index is 518. The zero-order valence-electron chi connectivity index (χ0n) is 13.2. The van der Waals surface area contributed by atoms with E-state index in [0.717, 1.165) is 6.42 Å². The van der Waals surface area contributed by atoms with Gasteiger partial charge in [0, 0.05) is 17.7 Å². The molecule has 0 fully saturated rings. The Morgan fingerprint density at radius 3 is 2.67 bits per heavy atom. The van der Waals surface area contributed by atoms with Crippen LogP contribution in [0.5, 0.6) is 0 Å². The fourth-order valence-electron chi connectivity index (χ4n) is 2.46. The second kappa shape index (κ2) is 7.11. The van der Waals surface area contributed by atoms with Crippen LogP contribution in [-0.4, -0.2) is 17.0 Å². The maximum atomic E-state index is 12.0. The maximum absolute atomic E-state index is 12.0. The largest absolute Gasteiger partial charge is 0.409 e. The molecule has 1 atom stereocenters. The minimum Gasteiger partial charge on any atom is -0.409 e. The molecule has 5 heteroatoms. The van der Waals surface area contributed by atoms with E-state index < -0.39 is 0 Å². The highest BCUT2D eigenvalue weighted by atomic mass is 16.4. The molecule has 116 valence electrons. The fraction of sp³-hybridized carbons (Fsp3) is 0.500. The number of hydrogen-bond acceptors (Lipinski definition) is 3. The molecule has 1 aromatic rings. The topological polar surface area (TPSA) is 87.7 Å². The molecule has 0 saturated heterocycles. The molecule has 5 nitrogen and oxygen atoms in total. The summed E-state index contributed by atoms with van der Waals surface area (Å²) >= 11 is 0. The molecule has 1 unspecified atom stereocenters. The summed E-state index contributed by atoms with van der Waals surface area (Å²) in [5, 5.41) is 14.5. The summed E-state index contributed by atoms with van der Waals surface area (Å²) in [7, 11) is 0. The average molecular weight is 291 g/mol. The van der Waals surface area contributed by atoms with Gasteiger partial charge in [-0.05, 0) is 29.9 Å². The Morgan fingerprint density at radius 2 is 2.10 bits per heavy atom. The van der Waals surface area contributed by atoms with E-state index in [0.29, 0.717) is 23.6 Å². The van der Waals surface area contributed by atoms with Crippen LogP contribution in [0.15, 0.2) is 29.4 Å². The molecule has 0 aromatic heterocycles. The van der Waals surface area contributed by atoms with Crippen molar-refractivity contribution in [2.24, 2.45) is 22.2 Å². The summed E-state index contributed by atoms with van der Waals surface area (Å²) in [6.07, 6.45) is 1.47. The quantitative estimate of drug-likeness (QED) is 0.337. The van der Waals surface area contributed by atoms with Crippen molar-refractivity contribution < 1.29 is 10.0 Å². The van der Waals surface area contributed by atoms with Crippen molar-refractivity contribution in [2.45, 2.75) is 40.5 Å². The van der Waals surface area contributed by atoms with E-state index in [9.17, 15) is 4.79 Å². The first-order valence-electron chi connectivity index (χ1n) is 7.09. The van der Waals surface area contributed by atoms with Crippen LogP contribution in [0, 0.1) is 11.3 Å². The van der Waals surface area contributed by atoms with E-state index in [2.05, 4.69) is 38.2 Å². The Labute approximate surface area is 126 Å². The van der Waals surface area contributed by atoms with Crippen LogP contribution in [0.2, 0.25) is 0 Å². The minimum atomic E-state index is -0.0246. The molecule has 4 N–H and O–H groups in total. The van der Waals surface area contributed by atoms with Crippen molar-refractivity contribution in [3.63, 3.8) is 0 Å². The third kappa shape index (κ3) is 6.29. The molecule has 0 saturated carbocycles. The van der Waals surface area contributed by atoms with Gasteiger partial charge in [-0.2, -0.15) is 0 Å². The van der Waals surface area contributed by atoms with Gasteiger partial charge in [0.15, 0.2) is 5.84 Å². The summed E-state index contributed by atoms with van der Waals surface area (Å²) in [5.74, 6) is 0.313. The standard InChI is InChI=1S/C16H25N3O2/c1-11(10-16(2,3)4)8-14(20)18-13-7-5-6-12(9-13)15(17)19-21/h5-7,9,11,21H,8,10H2,1-4H3,(H2,17,19)(H,18,20). The Balaban J connectivity index is 2.63. The lowest BCUT2D eigenvalue weighted by Crippen LogP contribution is -2.19. The predicted molar refractivity (Wildman–Crippen MR) is 85.4 cm³/mol. The number of nitrogens with one attached hydrogen (secondary N) is 1. The summed E-state index contributed by atoms with van der Waals surface area (Å²) < 4.78 is 0. The van der Waals surface area contributed by atoms with Crippen molar-refractivity contribution >= 4 is 17.4 Å². The molecule has 1 amide bonds. The van der Waals surface area contributed by atoms with E-state index in [1.165, 1.54) is 0 Å². The number of anilines is 1. The second-order valence-corrected chi connectivity index (χ2v) is 6.69. The molecule has 0 bridgehead atoms. The van der Waals surface area contributed by atoms with Crippen molar-refractivity contribution in [1.82, 2.24) is 0 Å². The number of rotatable bonds is 5. The number of hydrogen-bond donors (Lipinski definition) is 3. The van der Waals surface area contributed by atoms with E-state index in [-0.39, 0.29) is 17.2 Å². The lowest BCUT2D eigenvalue weighted by molar-refractivity contribution is -0.117. The molecule has 1 aromatic carbocycles. The number of amides is 1. The summed E-state index contributed by atoms with van der Waals surface area (Å²) in [6, 6.07) is 6.93. The third-order valence-corrected chi connectivity index (χ3v) is 3.04. The number of amidine groups is 1. The first-order chi connectivity index (χ1) is 9.71. The monoisotopic (exact) mass is 291 g/mol. The second-order valence-electron chi connectivity index (χ2n) is 6.69. The van der Waals surface area contributed by atoms with Crippen LogP contribution in [0.1, 0.15) is 46.1 Å². The van der Waals surface area contributed by atoms with Gasteiger partial charge in [0.25, 0.3) is 0 Å². The molecular weight excluding hydrogens is 266 g/mol. The SMILES string of the molecule is CC(CC(=O)Nc1cccc(/C(N)=N/O)c1)CC(C)(C)C. The first kappa shape index (κ1) is 17.0. The molecule has 0 heterocycles. The Hall–Kier alpha value is -2.04. The smallest absolute Gasteiger partial charge is 0.224 e. The predicted octanol–water partition coefficient (Wildman–Crippen LogP) is 3.18. The van der Waals surface area contributed by atoms with E-state index in [4.69, 9.17) is 10.9 Å². The van der Waals surface area contributed by atoms with Crippen LogP contribution in [-0.2, 0) is 4.79 Å². The molecular formula is C16H25N3O2. The first-order valence-corrected chi connectivity index (χ1v) is 7.09. The van der Waals surface area contributed by atoms with Gasteiger partial charge in [-0.3, -0.25) is 4.79 Å². The highest BCUT2D eigenvalue weighted by Crippen LogP contribution is 2.26. The summed E-state index contributed by atoms with van der Waals surface area (Å²) in [5.41, 5.74) is 6.96. The molecule has 0 radical (unpaired) electrons. The van der Waals surface area contributed by atoms with Gasteiger partial charge >= 0.3 is 0 Å². The van der Waals surface area contributed by atoms with E-state index in [1.807, 2.05) is 0 Å². The van der Waals surface area contributed by atoms with Crippen LogP contribution in [0.25, 0.3) is 0 Å². The van der Waals surface area contributed by atoms with Crippen LogP contribution >= 0.6 is 0 Å². The minimum absolute atomic E-state index is 0.0206. The number of carbonyl (C=O) groups is 1. The lowest BCUT2D eigenvalue weighted by Gasteiger charge is -2.22. The number of oxime groups is 1. The van der Waals surface area contributed by atoms with Crippen LogP contribution < -0.4 is 11.1 Å². The maximum Gasteiger partial charge on any atom is 0.224 e. The highest BCUT2D eigenvalue weighted by molar-refractivity contribution is 5.99. The third-order valence-electron chi connectivity index (χ3n) is 3.04.